The van der Waals surface area contributed by atoms with Crippen LogP contribution in [-0.4, -0.2) is 38.2 Å². The van der Waals surface area contributed by atoms with Gasteiger partial charge < -0.3 is 18.9 Å². The second-order valence-electron chi connectivity index (χ2n) is 6.61. The van der Waals surface area contributed by atoms with Crippen LogP contribution in [-0.2, 0) is 9.53 Å². The van der Waals surface area contributed by atoms with Crippen LogP contribution in [0.15, 0.2) is 12.1 Å². The minimum absolute atomic E-state index is 0.254. The van der Waals surface area contributed by atoms with E-state index in [0.29, 0.717) is 48.0 Å². The summed E-state index contributed by atoms with van der Waals surface area (Å²) in [6, 6.07) is 1.62. The van der Waals surface area contributed by atoms with E-state index in [2.05, 4.69) is 0 Å². The van der Waals surface area contributed by atoms with Crippen LogP contribution in [0.25, 0.3) is 6.08 Å². The fourth-order valence-corrected chi connectivity index (χ4v) is 2.45. The number of carbonyl (C=O) groups excluding carboxylic acids is 2. The summed E-state index contributed by atoms with van der Waals surface area (Å²) in [6.45, 7) is 6.19. The first-order chi connectivity index (χ1) is 11.9. The Balaban J connectivity index is 2.04. The van der Waals surface area contributed by atoms with Crippen LogP contribution in [0.4, 0.5) is 0 Å². The van der Waals surface area contributed by atoms with Crippen LogP contribution in [0.1, 0.15) is 49.5 Å². The van der Waals surface area contributed by atoms with Gasteiger partial charge in [0.15, 0.2) is 17.8 Å². The molecule has 1 heterocycles. The van der Waals surface area contributed by atoms with E-state index in [1.54, 1.807) is 6.07 Å². The summed E-state index contributed by atoms with van der Waals surface area (Å²) >= 11 is 0. The van der Waals surface area contributed by atoms with Gasteiger partial charge in [0.05, 0.1) is 13.7 Å². The van der Waals surface area contributed by atoms with Crippen LogP contribution in [0.3, 0.4) is 0 Å². The number of carbonyl (C=O) groups is 2. The number of hydrogen-bond acceptors (Lipinski definition) is 6. The van der Waals surface area contributed by atoms with Gasteiger partial charge in [-0.1, -0.05) is 6.08 Å². The van der Waals surface area contributed by atoms with Crippen molar-refractivity contribution in [3.63, 3.8) is 0 Å². The lowest BCUT2D eigenvalue weighted by Gasteiger charge is -2.21. The fourth-order valence-electron chi connectivity index (χ4n) is 2.45. The van der Waals surface area contributed by atoms with Crippen molar-refractivity contribution >= 4 is 18.3 Å². The molecule has 0 bridgehead atoms. The SMILES string of the molecule is COc1c(OCCCC(=O)OC(C)(C)C)cc(C=O)c2c1OCC=C2. The summed E-state index contributed by atoms with van der Waals surface area (Å²) in [7, 11) is 1.52. The molecule has 2 rings (SSSR count). The molecule has 0 unspecified atom stereocenters. The van der Waals surface area contributed by atoms with Gasteiger partial charge in [-0.3, -0.25) is 9.59 Å². The Bertz CT molecular complexity index is 669. The molecule has 0 radical (unpaired) electrons. The molecule has 0 aromatic heterocycles. The summed E-state index contributed by atoms with van der Waals surface area (Å²) in [5, 5.41) is 0. The maximum Gasteiger partial charge on any atom is 0.306 e. The van der Waals surface area contributed by atoms with E-state index in [-0.39, 0.29) is 12.4 Å². The van der Waals surface area contributed by atoms with E-state index in [1.807, 2.05) is 32.9 Å². The Morgan fingerprint density at radius 2 is 2.12 bits per heavy atom. The molecule has 0 fully saturated rings. The Morgan fingerprint density at radius 3 is 2.76 bits per heavy atom. The van der Waals surface area contributed by atoms with E-state index < -0.39 is 5.60 Å². The van der Waals surface area contributed by atoms with E-state index in [4.69, 9.17) is 18.9 Å². The van der Waals surface area contributed by atoms with Gasteiger partial charge in [0.2, 0.25) is 5.75 Å². The predicted molar refractivity (Wildman–Crippen MR) is 93.5 cm³/mol. The zero-order valence-corrected chi connectivity index (χ0v) is 15.1. The van der Waals surface area contributed by atoms with Crippen molar-refractivity contribution in [1.29, 1.82) is 0 Å². The second kappa shape index (κ2) is 8.05. The van der Waals surface area contributed by atoms with Crippen LogP contribution in [0.5, 0.6) is 17.2 Å². The molecule has 6 heteroatoms. The Hall–Kier alpha value is -2.50. The third kappa shape index (κ3) is 4.98. The number of aldehydes is 1. The van der Waals surface area contributed by atoms with Gasteiger partial charge in [0, 0.05) is 17.5 Å². The maximum atomic E-state index is 11.7. The van der Waals surface area contributed by atoms with Crippen LogP contribution in [0, 0.1) is 0 Å². The molecule has 1 aliphatic rings. The lowest BCUT2D eigenvalue weighted by molar-refractivity contribution is -0.155. The van der Waals surface area contributed by atoms with Gasteiger partial charge in [-0.15, -0.1) is 0 Å². The Morgan fingerprint density at radius 1 is 1.36 bits per heavy atom. The molecule has 0 amide bonds. The summed E-state index contributed by atoms with van der Waals surface area (Å²) < 4.78 is 22.0. The number of esters is 1. The third-order valence-corrected chi connectivity index (χ3v) is 3.41. The molecule has 136 valence electrons. The molecular formula is C19H24O6. The average Bonchev–Trinajstić information content (AvgIpc) is 2.56. The topological polar surface area (TPSA) is 71.1 Å². The highest BCUT2D eigenvalue weighted by molar-refractivity contribution is 5.87. The minimum Gasteiger partial charge on any atom is -0.490 e. The number of rotatable bonds is 7. The van der Waals surface area contributed by atoms with Crippen molar-refractivity contribution in [2.75, 3.05) is 20.3 Å². The normalized spacial score (nSPS) is 12.8. The Kier molecular flexibility index (Phi) is 6.07. The van der Waals surface area contributed by atoms with Crippen molar-refractivity contribution in [2.24, 2.45) is 0 Å². The highest BCUT2D eigenvalue weighted by Crippen LogP contribution is 2.43. The molecular weight excluding hydrogens is 324 g/mol. The zero-order chi connectivity index (χ0) is 18.4. The van der Waals surface area contributed by atoms with Gasteiger partial charge in [-0.2, -0.15) is 0 Å². The van der Waals surface area contributed by atoms with Crippen LogP contribution in [0.2, 0.25) is 0 Å². The monoisotopic (exact) mass is 348 g/mol. The first-order valence-electron chi connectivity index (χ1n) is 8.20. The lowest BCUT2D eigenvalue weighted by Crippen LogP contribution is -2.24. The molecule has 1 aromatic rings. The van der Waals surface area contributed by atoms with Gasteiger partial charge in [-0.25, -0.2) is 0 Å². The van der Waals surface area contributed by atoms with Crippen molar-refractivity contribution < 1.29 is 28.5 Å². The molecule has 1 aromatic carbocycles. The van der Waals surface area contributed by atoms with Crippen molar-refractivity contribution in [2.45, 2.75) is 39.2 Å². The molecule has 1 aliphatic heterocycles. The number of ether oxygens (including phenoxy) is 4. The van der Waals surface area contributed by atoms with Gasteiger partial charge in [0.25, 0.3) is 0 Å². The summed E-state index contributed by atoms with van der Waals surface area (Å²) in [6.07, 6.45) is 5.16. The number of benzene rings is 1. The van der Waals surface area contributed by atoms with Crippen molar-refractivity contribution in [1.82, 2.24) is 0 Å². The third-order valence-electron chi connectivity index (χ3n) is 3.41. The zero-order valence-electron chi connectivity index (χ0n) is 15.1. The standard InChI is InChI=1S/C19H24O6/c1-19(2,3)25-16(21)8-6-9-23-15-11-13(12-20)14-7-5-10-24-17(14)18(15)22-4/h5,7,11-12H,6,8-10H2,1-4H3. The molecule has 0 aliphatic carbocycles. The van der Waals surface area contributed by atoms with Crippen LogP contribution >= 0.6 is 0 Å². The van der Waals surface area contributed by atoms with E-state index in [1.165, 1.54) is 7.11 Å². The van der Waals surface area contributed by atoms with E-state index in [0.717, 1.165) is 6.29 Å². The maximum absolute atomic E-state index is 11.7. The lowest BCUT2D eigenvalue weighted by atomic mass is 10.0. The second-order valence-corrected chi connectivity index (χ2v) is 6.61. The summed E-state index contributed by atoms with van der Waals surface area (Å²) in [5.41, 5.74) is 0.650. The number of hydrogen-bond donors (Lipinski definition) is 0. The van der Waals surface area contributed by atoms with Gasteiger partial charge >= 0.3 is 5.97 Å². The summed E-state index contributed by atoms with van der Waals surface area (Å²) in [5.74, 6) is 1.09. The fraction of sp³-hybridized carbons (Fsp3) is 0.474. The van der Waals surface area contributed by atoms with E-state index >= 15 is 0 Å². The smallest absolute Gasteiger partial charge is 0.306 e. The molecule has 0 saturated carbocycles. The van der Waals surface area contributed by atoms with Crippen LogP contribution < -0.4 is 14.2 Å². The first kappa shape index (κ1) is 18.8. The molecule has 25 heavy (non-hydrogen) atoms. The largest absolute Gasteiger partial charge is 0.490 e. The summed E-state index contributed by atoms with van der Waals surface area (Å²) in [4.78, 5) is 23.0. The highest BCUT2D eigenvalue weighted by Gasteiger charge is 2.22. The van der Waals surface area contributed by atoms with E-state index in [9.17, 15) is 9.59 Å². The highest BCUT2D eigenvalue weighted by atomic mass is 16.6. The molecule has 0 atom stereocenters. The minimum atomic E-state index is -0.497. The van der Waals surface area contributed by atoms with Gasteiger partial charge in [-0.05, 0) is 39.3 Å². The predicted octanol–water partition coefficient (Wildman–Crippen LogP) is 3.41. The Labute approximate surface area is 147 Å². The average molecular weight is 348 g/mol. The molecule has 6 nitrogen and oxygen atoms in total. The first-order valence-corrected chi connectivity index (χ1v) is 8.20. The molecule has 0 saturated heterocycles. The quantitative estimate of drug-likeness (QED) is 0.427. The number of fused-ring (bicyclic) bond motifs is 1. The van der Waals surface area contributed by atoms with Crippen molar-refractivity contribution in [3.8, 4) is 17.2 Å². The molecule has 0 N–H and O–H groups in total. The molecule has 0 spiro atoms. The number of methoxy groups -OCH3 is 1. The van der Waals surface area contributed by atoms with Gasteiger partial charge in [0.1, 0.15) is 12.2 Å². The van der Waals surface area contributed by atoms with Crippen molar-refractivity contribution in [3.05, 3.63) is 23.3 Å².